The number of carbonyl (C=O) groups excluding carboxylic acids is 3. The van der Waals surface area contributed by atoms with Gasteiger partial charge in [0, 0.05) is 31.1 Å². The summed E-state index contributed by atoms with van der Waals surface area (Å²) in [5.74, 6) is -0.747. The molecule has 2 aromatic rings. The van der Waals surface area contributed by atoms with Gasteiger partial charge in [-0.1, -0.05) is 72.9 Å². The Kier molecular flexibility index (Phi) is 10.7. The number of nitrogens with one attached hydrogen (secondary N) is 3. The highest BCUT2D eigenvalue weighted by Gasteiger charge is 2.38. The predicted molar refractivity (Wildman–Crippen MR) is 167 cm³/mol. The summed E-state index contributed by atoms with van der Waals surface area (Å²) in [6.07, 6.45) is 12.0. The van der Waals surface area contributed by atoms with Crippen molar-refractivity contribution in [3.8, 4) is 0 Å². The standard InChI is InChI=1S/C34H43N5O3/c1-23-10-5-4-6-14-29(15-9-11-23)37-33(41)31-21-26-12-7-8-13-27(26)22-39(31)34(42)30(38-32(40)24(2)36-3)20-25-16-18-28(35)19-17-25/h4-8,10,12-13,16-19,24,29-31,36H,1,9,11,14-15,20-22,35H2,2-3H3,(H,37,41)(H,38,40)/b6-4-,10-5-/t24-,29-,30-,31-/m0/s1. The molecular weight excluding hydrogens is 526 g/mol. The van der Waals surface area contributed by atoms with Gasteiger partial charge in [-0.05, 0) is 68.5 Å². The topological polar surface area (TPSA) is 117 Å². The molecule has 222 valence electrons. The fourth-order valence-corrected chi connectivity index (χ4v) is 5.42. The molecule has 42 heavy (non-hydrogen) atoms. The molecule has 8 heteroatoms. The lowest BCUT2D eigenvalue weighted by atomic mass is 9.91. The van der Waals surface area contributed by atoms with Crippen LogP contribution in [0.3, 0.4) is 0 Å². The molecule has 1 aliphatic heterocycles. The van der Waals surface area contributed by atoms with Gasteiger partial charge in [0.15, 0.2) is 0 Å². The summed E-state index contributed by atoms with van der Waals surface area (Å²) < 4.78 is 0. The van der Waals surface area contributed by atoms with Crippen LogP contribution in [-0.2, 0) is 33.8 Å². The van der Waals surface area contributed by atoms with E-state index in [1.54, 1.807) is 31.0 Å². The maximum absolute atomic E-state index is 14.3. The molecule has 0 saturated heterocycles. The molecule has 1 heterocycles. The first-order chi connectivity index (χ1) is 20.2. The van der Waals surface area contributed by atoms with E-state index < -0.39 is 18.1 Å². The van der Waals surface area contributed by atoms with Crippen LogP contribution in [-0.4, -0.2) is 53.8 Å². The molecule has 0 radical (unpaired) electrons. The lowest BCUT2D eigenvalue weighted by Crippen LogP contribution is -2.60. The van der Waals surface area contributed by atoms with Crippen LogP contribution in [0.25, 0.3) is 0 Å². The Hall–Kier alpha value is -4.17. The number of likely N-dealkylation sites (N-methyl/N-ethyl adjacent to an activating group) is 1. The number of rotatable bonds is 8. The Morgan fingerprint density at radius 3 is 2.55 bits per heavy atom. The van der Waals surface area contributed by atoms with Crippen molar-refractivity contribution in [2.24, 2.45) is 0 Å². The van der Waals surface area contributed by atoms with E-state index in [-0.39, 0.29) is 36.7 Å². The molecule has 8 nitrogen and oxygen atoms in total. The van der Waals surface area contributed by atoms with Crippen molar-refractivity contribution in [1.82, 2.24) is 20.9 Å². The fourth-order valence-electron chi connectivity index (χ4n) is 5.42. The van der Waals surface area contributed by atoms with Crippen molar-refractivity contribution >= 4 is 23.4 Å². The van der Waals surface area contributed by atoms with Gasteiger partial charge in [-0.15, -0.1) is 0 Å². The SMILES string of the molecule is C=C1/C=C\C=C/C[C@H](NC(=O)[C@@H]2Cc3ccccc3CN2C(=O)[C@H](Cc2ccc(N)cc2)NC(=O)[C@H](C)NC)CCC1. The van der Waals surface area contributed by atoms with Crippen molar-refractivity contribution in [3.05, 3.63) is 102 Å². The van der Waals surface area contributed by atoms with E-state index in [1.165, 1.54) is 0 Å². The first-order valence-electron chi connectivity index (χ1n) is 14.8. The Labute approximate surface area is 249 Å². The summed E-state index contributed by atoms with van der Waals surface area (Å²) in [7, 11) is 1.70. The van der Waals surface area contributed by atoms with Gasteiger partial charge in [-0.25, -0.2) is 0 Å². The van der Waals surface area contributed by atoms with Crippen LogP contribution in [0.5, 0.6) is 0 Å². The molecular formula is C34H43N5O3. The van der Waals surface area contributed by atoms with Crippen LogP contribution in [0, 0.1) is 0 Å². The van der Waals surface area contributed by atoms with Crippen LogP contribution in [0.15, 0.2) is 85.0 Å². The van der Waals surface area contributed by atoms with Gasteiger partial charge in [0.05, 0.1) is 6.04 Å². The molecule has 4 rings (SSSR count). The zero-order chi connectivity index (χ0) is 30.1. The minimum atomic E-state index is -0.855. The normalized spacial score (nSPS) is 21.8. The van der Waals surface area contributed by atoms with Crippen LogP contribution < -0.4 is 21.7 Å². The summed E-state index contributed by atoms with van der Waals surface area (Å²) in [6.45, 7) is 6.13. The van der Waals surface area contributed by atoms with E-state index in [0.717, 1.165) is 41.5 Å². The number of hydrogen-bond acceptors (Lipinski definition) is 5. The summed E-state index contributed by atoms with van der Waals surface area (Å²) in [6, 6.07) is 13.1. The Morgan fingerprint density at radius 1 is 1.07 bits per heavy atom. The average Bonchev–Trinajstić information content (AvgIpc) is 2.99. The number of nitrogen functional groups attached to an aromatic ring is 1. The Morgan fingerprint density at radius 2 is 1.81 bits per heavy atom. The monoisotopic (exact) mass is 569 g/mol. The average molecular weight is 570 g/mol. The quantitative estimate of drug-likeness (QED) is 0.363. The van der Waals surface area contributed by atoms with Gasteiger partial charge in [-0.2, -0.15) is 0 Å². The van der Waals surface area contributed by atoms with Gasteiger partial charge in [-0.3, -0.25) is 14.4 Å². The molecule has 4 atom stereocenters. The third-order valence-corrected chi connectivity index (χ3v) is 8.09. The van der Waals surface area contributed by atoms with E-state index in [0.29, 0.717) is 18.5 Å². The lowest BCUT2D eigenvalue weighted by molar-refractivity contribution is -0.145. The number of allylic oxidation sites excluding steroid dienone is 4. The minimum absolute atomic E-state index is 0.0519. The largest absolute Gasteiger partial charge is 0.399 e. The highest BCUT2D eigenvalue weighted by molar-refractivity contribution is 5.93. The van der Waals surface area contributed by atoms with Crippen molar-refractivity contribution < 1.29 is 14.4 Å². The van der Waals surface area contributed by atoms with E-state index in [2.05, 4.69) is 28.6 Å². The second kappa shape index (κ2) is 14.6. The first kappa shape index (κ1) is 30.8. The molecule has 0 fully saturated rings. The first-order valence-corrected chi connectivity index (χ1v) is 14.8. The minimum Gasteiger partial charge on any atom is -0.399 e. The Bertz CT molecular complexity index is 1330. The van der Waals surface area contributed by atoms with Gasteiger partial charge in [0.2, 0.25) is 17.7 Å². The smallest absolute Gasteiger partial charge is 0.246 e. The van der Waals surface area contributed by atoms with Gasteiger partial charge < -0.3 is 26.6 Å². The number of nitrogens with zero attached hydrogens (tertiary/aromatic N) is 1. The lowest BCUT2D eigenvalue weighted by Gasteiger charge is -2.39. The Balaban J connectivity index is 1.60. The van der Waals surface area contributed by atoms with Crippen molar-refractivity contribution in [2.45, 2.75) is 76.2 Å². The number of carbonyl (C=O) groups is 3. The van der Waals surface area contributed by atoms with Crippen molar-refractivity contribution in [2.75, 3.05) is 12.8 Å². The maximum Gasteiger partial charge on any atom is 0.246 e. The second-order valence-corrected chi connectivity index (χ2v) is 11.3. The highest BCUT2D eigenvalue weighted by Crippen LogP contribution is 2.26. The maximum atomic E-state index is 14.3. The van der Waals surface area contributed by atoms with E-state index in [4.69, 9.17) is 5.73 Å². The zero-order valence-electron chi connectivity index (χ0n) is 24.6. The van der Waals surface area contributed by atoms with Crippen LogP contribution in [0.4, 0.5) is 5.69 Å². The highest BCUT2D eigenvalue weighted by atomic mass is 16.2. The van der Waals surface area contributed by atoms with Gasteiger partial charge in [0.25, 0.3) is 0 Å². The molecule has 0 saturated carbocycles. The number of nitrogens with two attached hydrogens (primary N) is 1. The molecule has 1 aliphatic carbocycles. The predicted octanol–water partition coefficient (Wildman–Crippen LogP) is 3.58. The zero-order valence-corrected chi connectivity index (χ0v) is 24.6. The number of fused-ring (bicyclic) bond motifs is 1. The molecule has 0 unspecified atom stereocenters. The summed E-state index contributed by atoms with van der Waals surface area (Å²) in [5, 5.41) is 9.13. The summed E-state index contributed by atoms with van der Waals surface area (Å²) in [4.78, 5) is 42.9. The van der Waals surface area contributed by atoms with E-state index in [9.17, 15) is 14.4 Å². The molecule has 2 aromatic carbocycles. The fraction of sp³-hybridized carbons (Fsp3) is 0.382. The molecule has 2 aliphatic rings. The second-order valence-electron chi connectivity index (χ2n) is 11.3. The molecule has 5 N–H and O–H groups in total. The van der Waals surface area contributed by atoms with Gasteiger partial charge >= 0.3 is 0 Å². The van der Waals surface area contributed by atoms with Crippen molar-refractivity contribution in [3.63, 3.8) is 0 Å². The number of benzene rings is 2. The summed E-state index contributed by atoms with van der Waals surface area (Å²) in [5.41, 5.74) is 10.5. The number of anilines is 1. The van der Waals surface area contributed by atoms with Crippen molar-refractivity contribution in [1.29, 1.82) is 0 Å². The van der Waals surface area contributed by atoms with E-state index >= 15 is 0 Å². The number of hydrogen-bond donors (Lipinski definition) is 4. The molecule has 0 bridgehead atoms. The van der Waals surface area contributed by atoms with Crippen LogP contribution in [0.2, 0.25) is 0 Å². The third-order valence-electron chi connectivity index (χ3n) is 8.09. The van der Waals surface area contributed by atoms with E-state index in [1.807, 2.05) is 54.6 Å². The van der Waals surface area contributed by atoms with Crippen LogP contribution >= 0.6 is 0 Å². The van der Waals surface area contributed by atoms with Crippen LogP contribution in [0.1, 0.15) is 49.3 Å². The third kappa shape index (κ3) is 8.19. The number of amides is 3. The molecule has 0 aromatic heterocycles. The van der Waals surface area contributed by atoms with Gasteiger partial charge in [0.1, 0.15) is 12.1 Å². The molecule has 0 spiro atoms. The summed E-state index contributed by atoms with van der Waals surface area (Å²) >= 11 is 0. The molecule has 3 amide bonds.